The van der Waals surface area contributed by atoms with Crippen LogP contribution >= 0.6 is 0 Å². The van der Waals surface area contributed by atoms with E-state index in [1.54, 1.807) is 18.7 Å². The molecule has 0 unspecified atom stereocenters. The summed E-state index contributed by atoms with van der Waals surface area (Å²) in [5, 5.41) is 1.87. The molecular formula is C12H9N3O. The van der Waals surface area contributed by atoms with Gasteiger partial charge in [-0.25, -0.2) is 4.98 Å². The van der Waals surface area contributed by atoms with E-state index in [-0.39, 0.29) is 0 Å². The predicted octanol–water partition coefficient (Wildman–Crippen LogP) is 2.47. The maximum absolute atomic E-state index is 5.88. The third-order valence-electron chi connectivity index (χ3n) is 2.43. The predicted molar refractivity (Wildman–Crippen MR) is 61.7 cm³/mol. The number of nitrogens with zero attached hydrogens (tertiary/aromatic N) is 2. The monoisotopic (exact) mass is 211 g/mol. The van der Waals surface area contributed by atoms with Crippen molar-refractivity contribution >= 4 is 16.6 Å². The van der Waals surface area contributed by atoms with Crippen molar-refractivity contribution in [1.29, 1.82) is 0 Å². The summed E-state index contributed by atoms with van der Waals surface area (Å²) in [6.07, 6.45) is 5.08. The van der Waals surface area contributed by atoms with Crippen LogP contribution in [-0.2, 0) is 0 Å². The molecule has 0 fully saturated rings. The number of anilines is 1. The fourth-order valence-electron chi connectivity index (χ4n) is 1.68. The molecule has 4 heteroatoms. The fourth-order valence-corrected chi connectivity index (χ4v) is 1.68. The molecule has 0 aliphatic rings. The van der Waals surface area contributed by atoms with E-state index in [0.717, 1.165) is 16.5 Å². The van der Waals surface area contributed by atoms with Gasteiger partial charge in [0.05, 0.1) is 6.26 Å². The van der Waals surface area contributed by atoms with Crippen molar-refractivity contribution in [3.8, 4) is 11.5 Å². The minimum Gasteiger partial charge on any atom is -0.463 e. The molecule has 0 saturated carbocycles. The van der Waals surface area contributed by atoms with Gasteiger partial charge < -0.3 is 10.2 Å². The molecule has 3 aromatic rings. The summed E-state index contributed by atoms with van der Waals surface area (Å²) in [7, 11) is 0. The number of hydrogen-bond donors (Lipinski definition) is 1. The Labute approximate surface area is 91.7 Å². The summed E-state index contributed by atoms with van der Waals surface area (Å²) in [6, 6.07) is 7.44. The smallest absolute Gasteiger partial charge is 0.152 e. The minimum absolute atomic E-state index is 0.492. The molecule has 0 radical (unpaired) electrons. The third-order valence-corrected chi connectivity index (χ3v) is 2.43. The highest BCUT2D eigenvalue weighted by atomic mass is 16.3. The molecule has 0 aromatic carbocycles. The van der Waals surface area contributed by atoms with Crippen LogP contribution in [0.1, 0.15) is 0 Å². The SMILES string of the molecule is Nc1nc(-c2ccco2)cc2cnccc12. The Balaban J connectivity index is 2.29. The van der Waals surface area contributed by atoms with Gasteiger partial charge in [-0.1, -0.05) is 0 Å². The second kappa shape index (κ2) is 3.34. The van der Waals surface area contributed by atoms with Crippen molar-refractivity contribution in [1.82, 2.24) is 9.97 Å². The number of nitrogens with two attached hydrogens (primary N) is 1. The molecule has 0 aliphatic heterocycles. The molecule has 3 aromatic heterocycles. The average Bonchev–Trinajstić information content (AvgIpc) is 2.82. The zero-order valence-electron chi connectivity index (χ0n) is 8.42. The highest BCUT2D eigenvalue weighted by Gasteiger charge is 2.06. The summed E-state index contributed by atoms with van der Waals surface area (Å²) < 4.78 is 5.28. The maximum Gasteiger partial charge on any atom is 0.152 e. The van der Waals surface area contributed by atoms with Crippen molar-refractivity contribution < 1.29 is 4.42 Å². The topological polar surface area (TPSA) is 64.9 Å². The van der Waals surface area contributed by atoms with Crippen LogP contribution < -0.4 is 5.73 Å². The van der Waals surface area contributed by atoms with Gasteiger partial charge in [0.25, 0.3) is 0 Å². The van der Waals surface area contributed by atoms with E-state index in [1.807, 2.05) is 24.3 Å². The summed E-state index contributed by atoms with van der Waals surface area (Å²) in [6.45, 7) is 0. The van der Waals surface area contributed by atoms with Gasteiger partial charge in [-0.2, -0.15) is 0 Å². The van der Waals surface area contributed by atoms with Crippen molar-refractivity contribution in [3.63, 3.8) is 0 Å². The number of aromatic nitrogens is 2. The molecule has 4 nitrogen and oxygen atoms in total. The van der Waals surface area contributed by atoms with Crippen LogP contribution in [0.2, 0.25) is 0 Å². The molecule has 0 aliphatic carbocycles. The van der Waals surface area contributed by atoms with Crippen LogP contribution in [0.4, 0.5) is 5.82 Å². The van der Waals surface area contributed by atoms with Crippen molar-refractivity contribution in [2.24, 2.45) is 0 Å². The zero-order valence-corrected chi connectivity index (χ0v) is 8.42. The molecule has 0 atom stereocenters. The van der Waals surface area contributed by atoms with Crippen LogP contribution in [0.5, 0.6) is 0 Å². The molecule has 3 rings (SSSR count). The maximum atomic E-state index is 5.88. The number of rotatable bonds is 1. The largest absolute Gasteiger partial charge is 0.463 e. The number of pyridine rings is 2. The van der Waals surface area contributed by atoms with E-state index in [2.05, 4.69) is 9.97 Å². The van der Waals surface area contributed by atoms with Gasteiger partial charge in [0.2, 0.25) is 0 Å². The highest BCUT2D eigenvalue weighted by Crippen LogP contribution is 2.25. The van der Waals surface area contributed by atoms with Gasteiger partial charge >= 0.3 is 0 Å². The first-order valence-corrected chi connectivity index (χ1v) is 4.89. The Bertz CT molecular complexity index is 632. The first-order chi connectivity index (χ1) is 7.84. The lowest BCUT2D eigenvalue weighted by molar-refractivity contribution is 0.580. The van der Waals surface area contributed by atoms with Crippen molar-refractivity contribution in [2.75, 3.05) is 5.73 Å². The Morgan fingerprint density at radius 2 is 2.19 bits per heavy atom. The van der Waals surface area contributed by atoms with E-state index in [1.165, 1.54) is 0 Å². The minimum atomic E-state index is 0.492. The molecular weight excluding hydrogens is 202 g/mol. The summed E-state index contributed by atoms with van der Waals surface area (Å²) in [5.41, 5.74) is 6.61. The lowest BCUT2D eigenvalue weighted by atomic mass is 10.1. The van der Waals surface area contributed by atoms with Crippen LogP contribution in [0.3, 0.4) is 0 Å². The summed E-state index contributed by atoms with van der Waals surface area (Å²) >= 11 is 0. The summed E-state index contributed by atoms with van der Waals surface area (Å²) in [4.78, 5) is 8.36. The highest BCUT2D eigenvalue weighted by molar-refractivity contribution is 5.92. The lowest BCUT2D eigenvalue weighted by Gasteiger charge is -2.03. The Hall–Kier alpha value is -2.36. The van der Waals surface area contributed by atoms with Gasteiger partial charge in [0, 0.05) is 23.2 Å². The molecule has 0 bridgehead atoms. The van der Waals surface area contributed by atoms with Gasteiger partial charge in [-0.3, -0.25) is 4.98 Å². The van der Waals surface area contributed by atoms with E-state index in [4.69, 9.17) is 10.2 Å². The Kier molecular flexibility index (Phi) is 1.86. The number of nitrogen functional groups attached to an aromatic ring is 1. The molecule has 78 valence electrons. The van der Waals surface area contributed by atoms with E-state index in [9.17, 15) is 0 Å². The van der Waals surface area contributed by atoms with E-state index in [0.29, 0.717) is 11.6 Å². The van der Waals surface area contributed by atoms with Gasteiger partial charge in [-0.15, -0.1) is 0 Å². The molecule has 0 saturated heterocycles. The first-order valence-electron chi connectivity index (χ1n) is 4.89. The molecule has 16 heavy (non-hydrogen) atoms. The van der Waals surface area contributed by atoms with Gasteiger partial charge in [0.1, 0.15) is 11.5 Å². The first kappa shape index (κ1) is 8.91. The van der Waals surface area contributed by atoms with E-state index >= 15 is 0 Å². The Morgan fingerprint density at radius 1 is 1.25 bits per heavy atom. The summed E-state index contributed by atoms with van der Waals surface area (Å²) in [5.74, 6) is 1.20. The third kappa shape index (κ3) is 1.32. The van der Waals surface area contributed by atoms with Gasteiger partial charge in [0.15, 0.2) is 5.76 Å². The van der Waals surface area contributed by atoms with Crippen LogP contribution in [0.15, 0.2) is 47.3 Å². The van der Waals surface area contributed by atoms with Crippen molar-refractivity contribution in [2.45, 2.75) is 0 Å². The molecule has 2 N–H and O–H groups in total. The van der Waals surface area contributed by atoms with E-state index < -0.39 is 0 Å². The standard InChI is InChI=1S/C12H9N3O/c13-12-9-3-4-14-7-8(9)6-10(15-12)11-2-1-5-16-11/h1-7H,(H2,13,15). The fraction of sp³-hybridized carbons (Fsp3) is 0. The number of fused-ring (bicyclic) bond motifs is 1. The second-order valence-corrected chi connectivity index (χ2v) is 3.47. The number of furan rings is 1. The zero-order chi connectivity index (χ0) is 11.0. The normalized spacial score (nSPS) is 10.8. The van der Waals surface area contributed by atoms with Gasteiger partial charge in [-0.05, 0) is 24.3 Å². The van der Waals surface area contributed by atoms with Crippen LogP contribution in [-0.4, -0.2) is 9.97 Å². The Morgan fingerprint density at radius 3 is 3.00 bits per heavy atom. The molecule has 3 heterocycles. The molecule has 0 spiro atoms. The second-order valence-electron chi connectivity index (χ2n) is 3.47. The molecule has 0 amide bonds. The van der Waals surface area contributed by atoms with Crippen LogP contribution in [0, 0.1) is 0 Å². The quantitative estimate of drug-likeness (QED) is 0.671. The number of hydrogen-bond acceptors (Lipinski definition) is 4. The van der Waals surface area contributed by atoms with Crippen LogP contribution in [0.25, 0.3) is 22.2 Å². The lowest BCUT2D eigenvalue weighted by Crippen LogP contribution is -1.94. The van der Waals surface area contributed by atoms with Crippen molar-refractivity contribution in [3.05, 3.63) is 42.9 Å². The average molecular weight is 211 g/mol.